The van der Waals surface area contributed by atoms with E-state index in [2.05, 4.69) is 10.2 Å². The smallest absolute Gasteiger partial charge is 0.326 e. The van der Waals surface area contributed by atoms with Crippen molar-refractivity contribution in [2.45, 2.75) is 89.5 Å². The van der Waals surface area contributed by atoms with Crippen molar-refractivity contribution in [3.05, 3.63) is 71.8 Å². The molecule has 0 bridgehead atoms. The van der Waals surface area contributed by atoms with Gasteiger partial charge in [0.25, 0.3) is 0 Å². The summed E-state index contributed by atoms with van der Waals surface area (Å²) in [4.78, 5) is 37.8. The van der Waals surface area contributed by atoms with E-state index in [1.807, 2.05) is 60.7 Å². The highest BCUT2D eigenvalue weighted by atomic mass is 16.5. The van der Waals surface area contributed by atoms with Crippen molar-refractivity contribution < 1.29 is 29.0 Å². The fourth-order valence-corrected chi connectivity index (χ4v) is 5.13. The maximum atomic E-state index is 11.9. The first-order valence-electron chi connectivity index (χ1n) is 14.6. The number of ether oxygens (including phenoxy) is 2. The van der Waals surface area contributed by atoms with Gasteiger partial charge in [0.1, 0.15) is 19.3 Å². The Kier molecular flexibility index (Phi) is 14.2. The molecule has 1 saturated heterocycles. The number of benzene rings is 2. The van der Waals surface area contributed by atoms with Crippen LogP contribution in [0.25, 0.3) is 0 Å². The summed E-state index contributed by atoms with van der Waals surface area (Å²) < 4.78 is 10.4. The highest BCUT2D eigenvalue weighted by molar-refractivity contribution is 5.84. The van der Waals surface area contributed by atoms with E-state index in [1.54, 1.807) is 0 Å². The summed E-state index contributed by atoms with van der Waals surface area (Å²) in [6.45, 7) is 2.89. The summed E-state index contributed by atoms with van der Waals surface area (Å²) in [6.07, 6.45) is 11.6. The Bertz CT molecular complexity index is 989. The van der Waals surface area contributed by atoms with Crippen molar-refractivity contribution in [3.63, 3.8) is 0 Å². The Labute approximate surface area is 238 Å². The molecule has 0 spiro atoms. The molecule has 2 aromatic carbocycles. The van der Waals surface area contributed by atoms with Crippen LogP contribution in [-0.2, 0) is 37.1 Å². The Hall–Kier alpha value is -3.23. The van der Waals surface area contributed by atoms with Gasteiger partial charge >= 0.3 is 11.9 Å². The summed E-state index contributed by atoms with van der Waals surface area (Å²) in [6, 6.07) is 18.3. The summed E-state index contributed by atoms with van der Waals surface area (Å²) in [5, 5.41) is 11.6. The zero-order valence-corrected chi connectivity index (χ0v) is 23.5. The lowest BCUT2D eigenvalue weighted by Crippen LogP contribution is -2.42. The first-order chi connectivity index (χ1) is 19.5. The molecule has 0 radical (unpaired) electrons. The minimum atomic E-state index is -1.22. The third-order valence-corrected chi connectivity index (χ3v) is 7.34. The number of nitrogens with zero attached hydrogens (tertiary/aromatic N) is 1. The van der Waals surface area contributed by atoms with Crippen LogP contribution >= 0.6 is 0 Å². The van der Waals surface area contributed by atoms with Crippen LogP contribution in [0.1, 0.15) is 75.3 Å². The number of carbonyl (C=O) groups is 3. The maximum Gasteiger partial charge on any atom is 0.326 e. The number of carboxylic acid groups (broad SMARTS) is 1. The molecule has 218 valence electrons. The van der Waals surface area contributed by atoms with Crippen molar-refractivity contribution in [1.82, 2.24) is 10.2 Å². The second-order valence-corrected chi connectivity index (χ2v) is 10.5. The van der Waals surface area contributed by atoms with E-state index < -0.39 is 23.9 Å². The van der Waals surface area contributed by atoms with Gasteiger partial charge in [0.2, 0.25) is 5.91 Å². The molecule has 1 aliphatic heterocycles. The normalized spacial score (nSPS) is 16.7. The average molecular weight is 553 g/mol. The van der Waals surface area contributed by atoms with Gasteiger partial charge in [-0.25, -0.2) is 4.79 Å². The molecule has 2 N–H and O–H groups in total. The van der Waals surface area contributed by atoms with Crippen molar-refractivity contribution in [1.29, 1.82) is 0 Å². The number of rotatable bonds is 12. The van der Waals surface area contributed by atoms with Gasteiger partial charge in [0.05, 0.1) is 6.61 Å². The van der Waals surface area contributed by atoms with Crippen LogP contribution < -0.4 is 5.32 Å². The predicted octanol–water partition coefficient (Wildman–Crippen LogP) is 5.10. The van der Waals surface area contributed by atoms with Gasteiger partial charge in [-0.15, -0.1) is 0 Å². The summed E-state index contributed by atoms with van der Waals surface area (Å²) in [5.41, 5.74) is 1.75. The lowest BCUT2D eigenvalue weighted by Gasteiger charge is -2.36. The predicted molar refractivity (Wildman–Crippen MR) is 153 cm³/mol. The Morgan fingerprint density at radius 3 is 2.00 bits per heavy atom. The molecule has 0 aromatic heterocycles. The van der Waals surface area contributed by atoms with Gasteiger partial charge in [-0.1, -0.05) is 86.3 Å². The summed E-state index contributed by atoms with van der Waals surface area (Å²) in [5.74, 6) is -2.29. The molecular formula is C32H44N2O6. The van der Waals surface area contributed by atoms with Crippen molar-refractivity contribution in [3.8, 4) is 0 Å². The molecule has 8 heteroatoms. The van der Waals surface area contributed by atoms with E-state index in [-0.39, 0.29) is 32.7 Å². The Morgan fingerprint density at radius 2 is 1.40 bits per heavy atom. The van der Waals surface area contributed by atoms with Gasteiger partial charge in [0, 0.05) is 12.5 Å². The SMILES string of the molecule is C1CCC(N2CCCCC2)CC1.O=C(COCc1ccccc1)NC(CCC(=O)OCc1ccccc1)C(=O)O. The lowest BCUT2D eigenvalue weighted by molar-refractivity contribution is -0.147. The third-order valence-electron chi connectivity index (χ3n) is 7.34. The molecule has 1 unspecified atom stereocenters. The minimum Gasteiger partial charge on any atom is -0.480 e. The van der Waals surface area contributed by atoms with Crippen LogP contribution in [0, 0.1) is 0 Å². The molecular weight excluding hydrogens is 508 g/mol. The van der Waals surface area contributed by atoms with Gasteiger partial charge in [0.15, 0.2) is 0 Å². The highest BCUT2D eigenvalue weighted by Crippen LogP contribution is 2.24. The molecule has 1 saturated carbocycles. The fourth-order valence-electron chi connectivity index (χ4n) is 5.13. The molecule has 1 atom stereocenters. The molecule has 1 aliphatic carbocycles. The van der Waals surface area contributed by atoms with E-state index >= 15 is 0 Å². The fraction of sp³-hybridized carbons (Fsp3) is 0.531. The molecule has 8 nitrogen and oxygen atoms in total. The van der Waals surface area contributed by atoms with Crippen LogP contribution in [0.5, 0.6) is 0 Å². The van der Waals surface area contributed by atoms with Crippen molar-refractivity contribution in [2.75, 3.05) is 19.7 Å². The van der Waals surface area contributed by atoms with Crippen LogP contribution in [0.2, 0.25) is 0 Å². The van der Waals surface area contributed by atoms with Gasteiger partial charge in [-0.3, -0.25) is 9.59 Å². The number of hydrogen-bond acceptors (Lipinski definition) is 6. The monoisotopic (exact) mass is 552 g/mol. The minimum absolute atomic E-state index is 0.0621. The van der Waals surface area contributed by atoms with E-state index in [1.165, 1.54) is 64.5 Å². The van der Waals surface area contributed by atoms with Crippen LogP contribution in [0.4, 0.5) is 0 Å². The lowest BCUT2D eigenvalue weighted by atomic mass is 9.93. The number of esters is 1. The second kappa shape index (κ2) is 18.2. The highest BCUT2D eigenvalue weighted by Gasteiger charge is 2.22. The quantitative estimate of drug-likeness (QED) is 0.353. The van der Waals surface area contributed by atoms with Crippen LogP contribution in [0.3, 0.4) is 0 Å². The van der Waals surface area contributed by atoms with E-state index in [9.17, 15) is 19.5 Å². The number of aliphatic carboxylic acids is 1. The van der Waals surface area contributed by atoms with Crippen molar-refractivity contribution >= 4 is 17.8 Å². The molecule has 1 heterocycles. The average Bonchev–Trinajstić information content (AvgIpc) is 3.00. The Morgan fingerprint density at radius 1 is 0.825 bits per heavy atom. The standard InChI is InChI=1S/C21H23NO6.C11H21N/c23-19(15-27-13-16-7-3-1-4-8-16)22-18(21(25)26)11-12-20(24)28-14-17-9-5-2-6-10-17;1-3-7-11(8-4-1)12-9-5-2-6-10-12/h1-10,18H,11-15H2,(H,22,23)(H,25,26);11H,1-10H2. The summed E-state index contributed by atoms with van der Waals surface area (Å²) >= 11 is 0. The topological polar surface area (TPSA) is 105 Å². The molecule has 4 rings (SSSR count). The van der Waals surface area contributed by atoms with Crippen LogP contribution in [0.15, 0.2) is 60.7 Å². The number of piperidine rings is 1. The number of carbonyl (C=O) groups excluding carboxylic acids is 2. The first-order valence-corrected chi connectivity index (χ1v) is 14.6. The second-order valence-electron chi connectivity index (χ2n) is 10.5. The number of carboxylic acids is 1. The molecule has 2 fully saturated rings. The van der Waals surface area contributed by atoms with Crippen LogP contribution in [-0.4, -0.2) is 59.6 Å². The largest absolute Gasteiger partial charge is 0.480 e. The molecule has 1 amide bonds. The number of hydrogen-bond donors (Lipinski definition) is 2. The van der Waals surface area contributed by atoms with Gasteiger partial charge in [-0.2, -0.15) is 0 Å². The maximum absolute atomic E-state index is 11.9. The summed E-state index contributed by atoms with van der Waals surface area (Å²) in [7, 11) is 0. The van der Waals surface area contributed by atoms with Gasteiger partial charge < -0.3 is 24.8 Å². The zero-order valence-electron chi connectivity index (χ0n) is 23.5. The van der Waals surface area contributed by atoms with E-state index in [0.29, 0.717) is 0 Å². The number of amides is 1. The molecule has 40 heavy (non-hydrogen) atoms. The number of nitrogens with one attached hydrogen (secondary N) is 1. The first kappa shape index (κ1) is 31.3. The number of likely N-dealkylation sites (tertiary alicyclic amines) is 1. The van der Waals surface area contributed by atoms with Gasteiger partial charge in [-0.05, 0) is 56.3 Å². The van der Waals surface area contributed by atoms with Crippen molar-refractivity contribution in [2.24, 2.45) is 0 Å². The molecule has 2 aromatic rings. The van der Waals surface area contributed by atoms with E-state index in [4.69, 9.17) is 9.47 Å². The molecule has 2 aliphatic rings. The third kappa shape index (κ3) is 12.3. The Balaban J connectivity index is 0.000000302. The van der Waals surface area contributed by atoms with E-state index in [0.717, 1.165) is 17.2 Å². The zero-order chi connectivity index (χ0) is 28.4.